The summed E-state index contributed by atoms with van der Waals surface area (Å²) in [4.78, 5) is 14.1. The van der Waals surface area contributed by atoms with Gasteiger partial charge < -0.3 is 20.1 Å². The maximum atomic E-state index is 12.2. The molecule has 1 heterocycles. The lowest BCUT2D eigenvalue weighted by atomic mass is 9.80. The minimum Gasteiger partial charge on any atom is -0.376 e. The number of nitrogens with two attached hydrogens (primary N) is 1. The second kappa shape index (κ2) is 9.00. The number of nitrogens with zero attached hydrogens (tertiary/aromatic N) is 1. The second-order valence-electron chi connectivity index (χ2n) is 7.51. The van der Waals surface area contributed by atoms with Crippen LogP contribution in [0.1, 0.15) is 52.4 Å². The summed E-state index contributed by atoms with van der Waals surface area (Å²) in [5.41, 5.74) is 6.27. The molecule has 0 unspecified atom stereocenters. The number of hydrogen-bond acceptors (Lipinski definition) is 4. The van der Waals surface area contributed by atoms with Crippen LogP contribution in [0.5, 0.6) is 0 Å². The van der Waals surface area contributed by atoms with Crippen LogP contribution in [0.4, 0.5) is 0 Å². The van der Waals surface area contributed by atoms with Crippen molar-refractivity contribution in [1.29, 1.82) is 0 Å². The van der Waals surface area contributed by atoms with Gasteiger partial charge in [0.05, 0.1) is 18.8 Å². The quantitative estimate of drug-likeness (QED) is 0.812. The molecule has 2 fully saturated rings. The van der Waals surface area contributed by atoms with E-state index < -0.39 is 0 Å². The molecule has 0 aromatic carbocycles. The van der Waals surface area contributed by atoms with Crippen LogP contribution in [-0.4, -0.2) is 55.9 Å². The molecule has 0 aromatic rings. The third-order valence-corrected chi connectivity index (χ3v) is 5.58. The molecule has 5 nitrogen and oxygen atoms in total. The van der Waals surface area contributed by atoms with Gasteiger partial charge in [-0.15, -0.1) is 0 Å². The molecule has 0 radical (unpaired) electrons. The zero-order valence-corrected chi connectivity index (χ0v) is 15.0. The summed E-state index contributed by atoms with van der Waals surface area (Å²) in [6.07, 6.45) is 7.04. The number of hydrogen-bond donors (Lipinski definition) is 1. The molecule has 2 atom stereocenters. The van der Waals surface area contributed by atoms with Crippen molar-refractivity contribution < 1.29 is 14.3 Å². The lowest BCUT2D eigenvalue weighted by Gasteiger charge is -2.40. The number of amides is 1. The monoisotopic (exact) mass is 326 g/mol. The first kappa shape index (κ1) is 18.7. The van der Waals surface area contributed by atoms with Gasteiger partial charge in [0.25, 0.3) is 0 Å². The number of methoxy groups -OCH3 is 1. The first-order valence-electron chi connectivity index (χ1n) is 9.18. The Bertz CT molecular complexity index is 367. The van der Waals surface area contributed by atoms with E-state index in [1.54, 1.807) is 7.11 Å². The third kappa shape index (κ3) is 5.16. The zero-order chi connectivity index (χ0) is 16.8. The third-order valence-electron chi connectivity index (χ3n) is 5.58. The van der Waals surface area contributed by atoms with Gasteiger partial charge >= 0.3 is 0 Å². The van der Waals surface area contributed by atoms with E-state index >= 15 is 0 Å². The van der Waals surface area contributed by atoms with Crippen molar-refractivity contribution in [2.45, 2.75) is 70.6 Å². The normalized spacial score (nSPS) is 32.3. The maximum Gasteiger partial charge on any atom is 0.248 e. The molecule has 5 heteroatoms. The van der Waals surface area contributed by atoms with Crippen molar-refractivity contribution in [3.8, 4) is 0 Å². The van der Waals surface area contributed by atoms with Gasteiger partial charge in [0, 0.05) is 19.7 Å². The molecule has 0 aromatic heterocycles. The summed E-state index contributed by atoms with van der Waals surface area (Å²) < 4.78 is 11.2. The van der Waals surface area contributed by atoms with Gasteiger partial charge in [-0.2, -0.15) is 0 Å². The van der Waals surface area contributed by atoms with E-state index in [0.29, 0.717) is 12.7 Å². The summed E-state index contributed by atoms with van der Waals surface area (Å²) in [7, 11) is 1.56. The average Bonchev–Trinajstić information content (AvgIpc) is 2.54. The molecule has 134 valence electrons. The standard InChI is InChI=1S/C18H34N2O3/c1-13(2)14-6-8-15(9-7-14)23-11-17-16(19)5-4-10-20(17)18(21)12-22-3/h13-17H,4-12,19H2,1-3H3/t14?,15?,16-,17-/m0/s1. The number of carbonyl (C=O) groups excluding carboxylic acids is 1. The van der Waals surface area contributed by atoms with Gasteiger partial charge in [-0.05, 0) is 50.4 Å². The number of likely N-dealkylation sites (tertiary alicyclic amines) is 1. The Morgan fingerprint density at radius 3 is 2.52 bits per heavy atom. The van der Waals surface area contributed by atoms with Crippen LogP contribution in [0, 0.1) is 11.8 Å². The van der Waals surface area contributed by atoms with Gasteiger partial charge in [0.1, 0.15) is 6.61 Å². The highest BCUT2D eigenvalue weighted by Gasteiger charge is 2.33. The number of ether oxygens (including phenoxy) is 2. The van der Waals surface area contributed by atoms with Crippen LogP contribution < -0.4 is 5.73 Å². The molecule has 0 spiro atoms. The minimum absolute atomic E-state index is 0.00535. The van der Waals surface area contributed by atoms with Crippen LogP contribution in [0.25, 0.3) is 0 Å². The molecule has 1 aliphatic heterocycles. The second-order valence-corrected chi connectivity index (χ2v) is 7.51. The molecule has 2 aliphatic rings. The largest absolute Gasteiger partial charge is 0.376 e. The summed E-state index contributed by atoms with van der Waals surface area (Å²) in [5.74, 6) is 1.64. The van der Waals surface area contributed by atoms with Crippen LogP contribution in [0.15, 0.2) is 0 Å². The van der Waals surface area contributed by atoms with E-state index in [-0.39, 0.29) is 24.6 Å². The van der Waals surface area contributed by atoms with E-state index in [1.807, 2.05) is 4.90 Å². The highest BCUT2D eigenvalue weighted by Crippen LogP contribution is 2.31. The van der Waals surface area contributed by atoms with Gasteiger partial charge in [0.2, 0.25) is 5.91 Å². The fourth-order valence-corrected chi connectivity index (χ4v) is 3.97. The van der Waals surface area contributed by atoms with Crippen molar-refractivity contribution in [1.82, 2.24) is 4.90 Å². The fourth-order valence-electron chi connectivity index (χ4n) is 3.97. The van der Waals surface area contributed by atoms with Gasteiger partial charge in [-0.1, -0.05) is 13.8 Å². The molecule has 1 amide bonds. The van der Waals surface area contributed by atoms with Crippen molar-refractivity contribution in [3.63, 3.8) is 0 Å². The Morgan fingerprint density at radius 2 is 1.91 bits per heavy atom. The molecule has 2 N–H and O–H groups in total. The molecule has 23 heavy (non-hydrogen) atoms. The molecule has 1 aliphatic carbocycles. The average molecular weight is 326 g/mol. The predicted octanol–water partition coefficient (Wildman–Crippen LogP) is 2.18. The minimum atomic E-state index is -0.00535. The topological polar surface area (TPSA) is 64.8 Å². The predicted molar refractivity (Wildman–Crippen MR) is 91.1 cm³/mol. The fraction of sp³-hybridized carbons (Fsp3) is 0.944. The lowest BCUT2D eigenvalue weighted by molar-refractivity contribution is -0.142. The highest BCUT2D eigenvalue weighted by molar-refractivity contribution is 5.78. The summed E-state index contributed by atoms with van der Waals surface area (Å²) in [6.45, 7) is 6.08. The Labute approximate surface area is 140 Å². The Morgan fingerprint density at radius 1 is 1.22 bits per heavy atom. The number of rotatable bonds is 6. The highest BCUT2D eigenvalue weighted by atomic mass is 16.5. The molecule has 1 saturated heterocycles. The Hall–Kier alpha value is -0.650. The van der Waals surface area contributed by atoms with Crippen molar-refractivity contribution in [3.05, 3.63) is 0 Å². The molecule has 2 rings (SSSR count). The Kier molecular flexibility index (Phi) is 7.31. The summed E-state index contributed by atoms with van der Waals surface area (Å²) in [6, 6.07) is 0.00535. The van der Waals surface area contributed by atoms with E-state index in [2.05, 4.69) is 13.8 Å². The van der Waals surface area contributed by atoms with Crippen LogP contribution in [0.2, 0.25) is 0 Å². The van der Waals surface area contributed by atoms with E-state index in [9.17, 15) is 4.79 Å². The summed E-state index contributed by atoms with van der Waals surface area (Å²) in [5, 5.41) is 0. The molecule has 0 bridgehead atoms. The van der Waals surface area contributed by atoms with E-state index in [0.717, 1.165) is 44.1 Å². The van der Waals surface area contributed by atoms with E-state index in [1.165, 1.54) is 12.8 Å². The summed E-state index contributed by atoms with van der Waals surface area (Å²) >= 11 is 0. The smallest absolute Gasteiger partial charge is 0.248 e. The van der Waals surface area contributed by atoms with Crippen molar-refractivity contribution in [2.75, 3.05) is 26.9 Å². The van der Waals surface area contributed by atoms with Crippen LogP contribution in [0.3, 0.4) is 0 Å². The van der Waals surface area contributed by atoms with Gasteiger partial charge in [0.15, 0.2) is 0 Å². The maximum absolute atomic E-state index is 12.2. The molecule has 1 saturated carbocycles. The first-order valence-corrected chi connectivity index (χ1v) is 9.18. The molecular formula is C18H34N2O3. The van der Waals surface area contributed by atoms with Crippen molar-refractivity contribution in [2.24, 2.45) is 17.6 Å². The van der Waals surface area contributed by atoms with Crippen molar-refractivity contribution >= 4 is 5.91 Å². The van der Waals surface area contributed by atoms with Gasteiger partial charge in [-0.3, -0.25) is 4.79 Å². The first-order chi connectivity index (χ1) is 11.0. The van der Waals surface area contributed by atoms with Crippen LogP contribution >= 0.6 is 0 Å². The van der Waals surface area contributed by atoms with Crippen LogP contribution in [-0.2, 0) is 14.3 Å². The Balaban J connectivity index is 1.83. The van der Waals surface area contributed by atoms with E-state index in [4.69, 9.17) is 15.2 Å². The zero-order valence-electron chi connectivity index (χ0n) is 15.0. The lowest BCUT2D eigenvalue weighted by Crippen LogP contribution is -2.57. The molecular weight excluding hydrogens is 292 g/mol. The SMILES string of the molecule is COCC(=O)N1CCC[C@H](N)[C@@H]1COC1CCC(C(C)C)CC1. The number of carbonyl (C=O) groups is 1. The van der Waals surface area contributed by atoms with Gasteiger partial charge in [-0.25, -0.2) is 0 Å². The number of piperidine rings is 1.